The first-order chi connectivity index (χ1) is 9.66. The Morgan fingerprint density at radius 3 is 2.60 bits per heavy atom. The van der Waals surface area contributed by atoms with Crippen molar-refractivity contribution in [3.8, 4) is 0 Å². The second-order valence-electron chi connectivity index (χ2n) is 5.57. The number of nitrogens with one attached hydrogen (secondary N) is 1. The third-order valence-electron chi connectivity index (χ3n) is 3.45. The summed E-state index contributed by atoms with van der Waals surface area (Å²) < 4.78 is 5.53. The van der Waals surface area contributed by atoms with Crippen LogP contribution in [0.4, 0.5) is 5.69 Å². The molecular formula is C16H24N2O2. The molecule has 1 aliphatic rings. The largest absolute Gasteiger partial charge is 0.381 e. The lowest BCUT2D eigenvalue weighted by atomic mass is 10.2. The quantitative estimate of drug-likeness (QED) is 0.741. The fourth-order valence-electron chi connectivity index (χ4n) is 1.92. The molecule has 0 saturated heterocycles. The SMILES string of the molecule is CN(C)c1ccc(C(=O)NCCCOCC2CC2)cc1. The van der Waals surface area contributed by atoms with E-state index in [1.807, 2.05) is 43.3 Å². The van der Waals surface area contributed by atoms with Crippen LogP contribution in [0.2, 0.25) is 0 Å². The molecular weight excluding hydrogens is 252 g/mol. The Hall–Kier alpha value is -1.55. The Morgan fingerprint density at radius 1 is 1.30 bits per heavy atom. The van der Waals surface area contributed by atoms with Gasteiger partial charge < -0.3 is 15.0 Å². The Bertz CT molecular complexity index is 425. The van der Waals surface area contributed by atoms with Gasteiger partial charge in [-0.05, 0) is 49.4 Å². The summed E-state index contributed by atoms with van der Waals surface area (Å²) in [5, 5.41) is 2.92. The Balaban J connectivity index is 1.63. The summed E-state index contributed by atoms with van der Waals surface area (Å²) in [7, 11) is 3.97. The van der Waals surface area contributed by atoms with Crippen LogP contribution in [-0.4, -0.2) is 39.8 Å². The lowest BCUT2D eigenvalue weighted by Crippen LogP contribution is -2.25. The van der Waals surface area contributed by atoms with E-state index in [9.17, 15) is 4.79 Å². The number of benzene rings is 1. The summed E-state index contributed by atoms with van der Waals surface area (Å²) in [6.45, 7) is 2.29. The van der Waals surface area contributed by atoms with Crippen molar-refractivity contribution in [2.45, 2.75) is 19.3 Å². The average Bonchev–Trinajstić information content (AvgIpc) is 3.26. The first kappa shape index (κ1) is 14.9. The highest BCUT2D eigenvalue weighted by Crippen LogP contribution is 2.28. The van der Waals surface area contributed by atoms with E-state index in [1.165, 1.54) is 12.8 Å². The van der Waals surface area contributed by atoms with E-state index in [-0.39, 0.29) is 5.91 Å². The molecule has 2 rings (SSSR count). The smallest absolute Gasteiger partial charge is 0.251 e. The summed E-state index contributed by atoms with van der Waals surface area (Å²) in [4.78, 5) is 13.9. The van der Waals surface area contributed by atoms with Gasteiger partial charge in [-0.1, -0.05) is 0 Å². The normalized spacial score (nSPS) is 14.1. The number of hydrogen-bond acceptors (Lipinski definition) is 3. The van der Waals surface area contributed by atoms with Crippen LogP contribution in [-0.2, 0) is 4.74 Å². The predicted molar refractivity (Wildman–Crippen MR) is 81.3 cm³/mol. The maximum absolute atomic E-state index is 11.9. The first-order valence-electron chi connectivity index (χ1n) is 7.30. The van der Waals surface area contributed by atoms with E-state index in [2.05, 4.69) is 5.32 Å². The first-order valence-corrected chi connectivity index (χ1v) is 7.30. The molecule has 1 aliphatic carbocycles. The minimum atomic E-state index is -0.0162. The van der Waals surface area contributed by atoms with E-state index < -0.39 is 0 Å². The van der Waals surface area contributed by atoms with E-state index in [4.69, 9.17) is 4.74 Å². The molecule has 0 aromatic heterocycles. The molecule has 20 heavy (non-hydrogen) atoms. The van der Waals surface area contributed by atoms with E-state index in [0.717, 1.165) is 31.2 Å². The lowest BCUT2D eigenvalue weighted by molar-refractivity contribution is 0.0937. The van der Waals surface area contributed by atoms with Crippen LogP contribution in [0, 0.1) is 5.92 Å². The molecule has 0 spiro atoms. The molecule has 1 fully saturated rings. The molecule has 0 radical (unpaired) electrons. The van der Waals surface area contributed by atoms with Crippen LogP contribution < -0.4 is 10.2 Å². The average molecular weight is 276 g/mol. The number of hydrogen-bond donors (Lipinski definition) is 1. The van der Waals surface area contributed by atoms with E-state index in [0.29, 0.717) is 12.1 Å². The van der Waals surface area contributed by atoms with Crippen molar-refractivity contribution in [1.82, 2.24) is 5.32 Å². The third-order valence-corrected chi connectivity index (χ3v) is 3.45. The zero-order chi connectivity index (χ0) is 14.4. The second-order valence-corrected chi connectivity index (χ2v) is 5.57. The van der Waals surface area contributed by atoms with Gasteiger partial charge in [-0.15, -0.1) is 0 Å². The second kappa shape index (κ2) is 7.29. The Morgan fingerprint density at radius 2 is 2.00 bits per heavy atom. The molecule has 0 bridgehead atoms. The molecule has 0 atom stereocenters. The van der Waals surface area contributed by atoms with Gasteiger partial charge in [-0.3, -0.25) is 4.79 Å². The molecule has 0 aliphatic heterocycles. The highest BCUT2D eigenvalue weighted by atomic mass is 16.5. The van der Waals surface area contributed by atoms with Crippen LogP contribution >= 0.6 is 0 Å². The molecule has 1 amide bonds. The number of ether oxygens (including phenoxy) is 1. The van der Waals surface area contributed by atoms with Crippen molar-refractivity contribution in [3.05, 3.63) is 29.8 Å². The highest BCUT2D eigenvalue weighted by Gasteiger charge is 2.20. The van der Waals surface area contributed by atoms with Crippen LogP contribution in [0.15, 0.2) is 24.3 Å². The van der Waals surface area contributed by atoms with Gasteiger partial charge in [0.25, 0.3) is 5.91 Å². The van der Waals surface area contributed by atoms with Crippen molar-refractivity contribution < 1.29 is 9.53 Å². The van der Waals surface area contributed by atoms with E-state index >= 15 is 0 Å². The molecule has 0 heterocycles. The van der Waals surface area contributed by atoms with Crippen molar-refractivity contribution in [2.75, 3.05) is 38.8 Å². The van der Waals surface area contributed by atoms with Gasteiger partial charge in [0.2, 0.25) is 0 Å². The van der Waals surface area contributed by atoms with Crippen molar-refractivity contribution in [2.24, 2.45) is 5.92 Å². The number of rotatable bonds is 8. The number of carbonyl (C=O) groups excluding carboxylic acids is 1. The Kier molecular flexibility index (Phi) is 5.41. The van der Waals surface area contributed by atoms with Gasteiger partial charge in [0.1, 0.15) is 0 Å². The molecule has 0 unspecified atom stereocenters. The maximum Gasteiger partial charge on any atom is 0.251 e. The fourth-order valence-corrected chi connectivity index (χ4v) is 1.92. The van der Waals surface area contributed by atoms with Crippen LogP contribution in [0.1, 0.15) is 29.6 Å². The maximum atomic E-state index is 11.9. The number of amides is 1. The zero-order valence-corrected chi connectivity index (χ0v) is 12.4. The number of nitrogens with zero attached hydrogens (tertiary/aromatic N) is 1. The van der Waals surface area contributed by atoms with Gasteiger partial charge in [-0.25, -0.2) is 0 Å². The van der Waals surface area contributed by atoms with Gasteiger partial charge >= 0.3 is 0 Å². The van der Waals surface area contributed by atoms with Gasteiger partial charge in [0.15, 0.2) is 0 Å². The molecule has 1 aromatic rings. The molecule has 110 valence electrons. The predicted octanol–water partition coefficient (Wildman–Crippen LogP) is 2.30. The zero-order valence-electron chi connectivity index (χ0n) is 12.4. The topological polar surface area (TPSA) is 41.6 Å². The minimum Gasteiger partial charge on any atom is -0.381 e. The number of anilines is 1. The van der Waals surface area contributed by atoms with Gasteiger partial charge in [0.05, 0.1) is 0 Å². The van der Waals surface area contributed by atoms with Gasteiger partial charge in [0, 0.05) is 45.1 Å². The number of carbonyl (C=O) groups is 1. The summed E-state index contributed by atoms with van der Waals surface area (Å²) in [5.74, 6) is 0.789. The van der Waals surface area contributed by atoms with Crippen LogP contribution in [0.3, 0.4) is 0 Å². The fraction of sp³-hybridized carbons (Fsp3) is 0.562. The summed E-state index contributed by atoms with van der Waals surface area (Å²) in [6, 6.07) is 7.61. The van der Waals surface area contributed by atoms with Crippen molar-refractivity contribution in [3.63, 3.8) is 0 Å². The molecule has 1 saturated carbocycles. The van der Waals surface area contributed by atoms with E-state index in [1.54, 1.807) is 0 Å². The molecule has 4 heteroatoms. The monoisotopic (exact) mass is 276 g/mol. The molecule has 1 aromatic carbocycles. The van der Waals surface area contributed by atoms with Crippen LogP contribution in [0.25, 0.3) is 0 Å². The van der Waals surface area contributed by atoms with Crippen molar-refractivity contribution >= 4 is 11.6 Å². The minimum absolute atomic E-state index is 0.0162. The van der Waals surface area contributed by atoms with Gasteiger partial charge in [-0.2, -0.15) is 0 Å². The lowest BCUT2D eigenvalue weighted by Gasteiger charge is -2.12. The summed E-state index contributed by atoms with van der Waals surface area (Å²) in [6.07, 6.45) is 3.51. The highest BCUT2D eigenvalue weighted by molar-refractivity contribution is 5.94. The van der Waals surface area contributed by atoms with Crippen LogP contribution in [0.5, 0.6) is 0 Å². The summed E-state index contributed by atoms with van der Waals surface area (Å²) in [5.41, 5.74) is 1.80. The molecule has 1 N–H and O–H groups in total. The third kappa shape index (κ3) is 4.85. The van der Waals surface area contributed by atoms with Crippen molar-refractivity contribution in [1.29, 1.82) is 0 Å². The summed E-state index contributed by atoms with van der Waals surface area (Å²) >= 11 is 0. The Labute approximate surface area is 121 Å². The standard InChI is InChI=1S/C16H24N2O2/c1-18(2)15-8-6-14(7-9-15)16(19)17-10-3-11-20-12-13-4-5-13/h6-9,13H,3-5,10-12H2,1-2H3,(H,17,19). The molecule has 4 nitrogen and oxygen atoms in total.